The van der Waals surface area contributed by atoms with Gasteiger partial charge in [0, 0.05) is 24.7 Å². The molecular formula is C18H24N6O2. The van der Waals surface area contributed by atoms with Crippen LogP contribution < -0.4 is 10.6 Å². The molecule has 1 aromatic heterocycles. The van der Waals surface area contributed by atoms with Gasteiger partial charge in [0.05, 0.1) is 6.54 Å². The lowest BCUT2D eigenvalue weighted by molar-refractivity contribution is -0.119. The largest absolute Gasteiger partial charge is 0.355 e. The number of rotatable bonds is 6. The lowest BCUT2D eigenvalue weighted by Gasteiger charge is -2.36. The summed E-state index contributed by atoms with van der Waals surface area (Å²) in [6.07, 6.45) is 7.48. The highest BCUT2D eigenvalue weighted by atomic mass is 16.2. The lowest BCUT2D eigenvalue weighted by atomic mass is 9.71. The number of hydrogen-bond donors (Lipinski definition) is 2. The van der Waals surface area contributed by atoms with Crippen LogP contribution in [0.1, 0.15) is 48.9 Å². The topological polar surface area (TPSA) is 102 Å². The summed E-state index contributed by atoms with van der Waals surface area (Å²) in [5.41, 5.74) is 1.14. The maximum absolute atomic E-state index is 12.6. The summed E-state index contributed by atoms with van der Waals surface area (Å²) >= 11 is 0. The summed E-state index contributed by atoms with van der Waals surface area (Å²) < 4.78 is 1.72. The Kier molecular flexibility index (Phi) is 5.60. The molecule has 1 fully saturated rings. The van der Waals surface area contributed by atoms with Crippen molar-refractivity contribution in [3.63, 3.8) is 0 Å². The molecule has 1 aliphatic carbocycles. The molecule has 0 spiro atoms. The second-order valence-electron chi connectivity index (χ2n) is 6.95. The van der Waals surface area contributed by atoms with Crippen molar-refractivity contribution in [1.82, 2.24) is 25.5 Å². The van der Waals surface area contributed by atoms with Crippen LogP contribution in [0.5, 0.6) is 0 Å². The van der Waals surface area contributed by atoms with Gasteiger partial charge in [-0.15, -0.1) is 5.10 Å². The summed E-state index contributed by atoms with van der Waals surface area (Å²) in [7, 11) is 1.59. The fraction of sp³-hybridized carbons (Fsp3) is 0.500. The Morgan fingerprint density at radius 1 is 1.15 bits per heavy atom. The van der Waals surface area contributed by atoms with Crippen LogP contribution in [0.15, 0.2) is 30.6 Å². The van der Waals surface area contributed by atoms with E-state index in [1.165, 1.54) is 6.42 Å². The van der Waals surface area contributed by atoms with Gasteiger partial charge in [-0.05, 0) is 52.9 Å². The van der Waals surface area contributed by atoms with Gasteiger partial charge in [-0.2, -0.15) is 0 Å². The lowest BCUT2D eigenvalue weighted by Crippen LogP contribution is -2.34. The van der Waals surface area contributed by atoms with E-state index in [0.717, 1.165) is 25.7 Å². The van der Waals surface area contributed by atoms with E-state index in [0.29, 0.717) is 24.2 Å². The second-order valence-corrected chi connectivity index (χ2v) is 6.95. The molecule has 2 N–H and O–H groups in total. The zero-order chi connectivity index (χ0) is 18.4. The van der Waals surface area contributed by atoms with E-state index >= 15 is 0 Å². The number of carbonyl (C=O) groups excluding carboxylic acids is 2. The van der Waals surface area contributed by atoms with E-state index < -0.39 is 0 Å². The second kappa shape index (κ2) is 8.07. The monoisotopic (exact) mass is 356 g/mol. The van der Waals surface area contributed by atoms with E-state index in [4.69, 9.17) is 0 Å². The molecule has 3 rings (SSSR count). The quantitative estimate of drug-likeness (QED) is 0.824. The van der Waals surface area contributed by atoms with Crippen LogP contribution in [0.3, 0.4) is 0 Å². The summed E-state index contributed by atoms with van der Waals surface area (Å²) in [5.74, 6) is -0.168. The Morgan fingerprint density at radius 2 is 1.88 bits per heavy atom. The molecule has 1 aliphatic rings. The fourth-order valence-corrected chi connectivity index (χ4v) is 3.68. The Labute approximate surface area is 152 Å². The molecular weight excluding hydrogens is 332 g/mol. The molecule has 2 amide bonds. The molecule has 1 aromatic carbocycles. The number of carbonyl (C=O) groups is 2. The van der Waals surface area contributed by atoms with Gasteiger partial charge in [-0.1, -0.05) is 19.3 Å². The molecule has 8 heteroatoms. The van der Waals surface area contributed by atoms with Gasteiger partial charge in [0.15, 0.2) is 0 Å². The zero-order valence-electron chi connectivity index (χ0n) is 14.9. The standard InChI is InChI=1S/C18H24N6O2/c1-19-17(26)14-5-7-15(8-6-14)21-16(25)11-18(9-3-2-4-10-18)12-24-13-20-22-23-24/h5-8,13H,2-4,9-12H2,1H3,(H,19,26)(H,21,25). The van der Waals surface area contributed by atoms with E-state index in [9.17, 15) is 9.59 Å². The molecule has 138 valence electrons. The predicted octanol–water partition coefficient (Wildman–Crippen LogP) is 2.01. The van der Waals surface area contributed by atoms with E-state index in [-0.39, 0.29) is 17.2 Å². The maximum Gasteiger partial charge on any atom is 0.251 e. The van der Waals surface area contributed by atoms with Gasteiger partial charge < -0.3 is 10.6 Å². The summed E-state index contributed by atoms with van der Waals surface area (Å²) in [5, 5.41) is 16.9. The summed E-state index contributed by atoms with van der Waals surface area (Å²) in [6, 6.07) is 6.90. The first-order valence-corrected chi connectivity index (χ1v) is 8.93. The molecule has 2 aromatic rings. The van der Waals surface area contributed by atoms with Crippen LogP contribution in [0.4, 0.5) is 5.69 Å². The summed E-state index contributed by atoms with van der Waals surface area (Å²) in [6.45, 7) is 0.656. The minimum atomic E-state index is -0.148. The molecule has 8 nitrogen and oxygen atoms in total. The van der Waals surface area contributed by atoms with Crippen LogP contribution in [-0.4, -0.2) is 39.1 Å². The zero-order valence-corrected chi connectivity index (χ0v) is 14.9. The van der Waals surface area contributed by atoms with Crippen molar-refractivity contribution < 1.29 is 9.59 Å². The Hall–Kier alpha value is -2.77. The predicted molar refractivity (Wildman–Crippen MR) is 96.4 cm³/mol. The first-order valence-electron chi connectivity index (χ1n) is 8.93. The number of amides is 2. The minimum absolute atomic E-state index is 0.0207. The number of anilines is 1. The van der Waals surface area contributed by atoms with Crippen molar-refractivity contribution in [3.8, 4) is 0 Å². The van der Waals surface area contributed by atoms with Crippen molar-refractivity contribution in [1.29, 1.82) is 0 Å². The van der Waals surface area contributed by atoms with E-state index in [1.807, 2.05) is 0 Å². The van der Waals surface area contributed by atoms with Crippen LogP contribution >= 0.6 is 0 Å². The van der Waals surface area contributed by atoms with Crippen molar-refractivity contribution in [3.05, 3.63) is 36.2 Å². The summed E-state index contributed by atoms with van der Waals surface area (Å²) in [4.78, 5) is 24.2. The minimum Gasteiger partial charge on any atom is -0.355 e. The Morgan fingerprint density at radius 3 is 2.50 bits per heavy atom. The van der Waals surface area contributed by atoms with Crippen molar-refractivity contribution in [2.24, 2.45) is 5.41 Å². The SMILES string of the molecule is CNC(=O)c1ccc(NC(=O)CC2(Cn3cnnn3)CCCCC2)cc1. The smallest absolute Gasteiger partial charge is 0.251 e. The molecule has 1 heterocycles. The fourth-order valence-electron chi connectivity index (χ4n) is 3.68. The van der Waals surface area contributed by atoms with Gasteiger partial charge >= 0.3 is 0 Å². The van der Waals surface area contributed by atoms with E-state index in [1.54, 1.807) is 42.3 Å². The average molecular weight is 356 g/mol. The Bertz CT molecular complexity index is 736. The number of nitrogens with zero attached hydrogens (tertiary/aromatic N) is 4. The third-order valence-electron chi connectivity index (χ3n) is 5.00. The number of benzene rings is 1. The molecule has 0 bridgehead atoms. The van der Waals surface area contributed by atoms with Crippen LogP contribution in [0, 0.1) is 5.41 Å². The number of nitrogens with one attached hydrogen (secondary N) is 2. The Balaban J connectivity index is 1.65. The van der Waals surface area contributed by atoms with Crippen molar-refractivity contribution in [2.75, 3.05) is 12.4 Å². The highest BCUT2D eigenvalue weighted by molar-refractivity contribution is 5.95. The van der Waals surface area contributed by atoms with E-state index in [2.05, 4.69) is 26.2 Å². The van der Waals surface area contributed by atoms with Gasteiger partial charge in [-0.25, -0.2) is 4.68 Å². The van der Waals surface area contributed by atoms with Gasteiger partial charge in [0.25, 0.3) is 5.91 Å². The van der Waals surface area contributed by atoms with Crippen molar-refractivity contribution >= 4 is 17.5 Å². The molecule has 0 aliphatic heterocycles. The first kappa shape index (κ1) is 18.0. The van der Waals surface area contributed by atoms with Gasteiger partial charge in [0.2, 0.25) is 5.91 Å². The van der Waals surface area contributed by atoms with Gasteiger partial charge in [0.1, 0.15) is 6.33 Å². The molecule has 1 saturated carbocycles. The van der Waals surface area contributed by atoms with Crippen LogP contribution in [-0.2, 0) is 11.3 Å². The van der Waals surface area contributed by atoms with Crippen LogP contribution in [0.25, 0.3) is 0 Å². The highest BCUT2D eigenvalue weighted by Crippen LogP contribution is 2.40. The number of aromatic nitrogens is 4. The third kappa shape index (κ3) is 4.44. The van der Waals surface area contributed by atoms with Crippen LogP contribution in [0.2, 0.25) is 0 Å². The average Bonchev–Trinajstić information content (AvgIpc) is 3.15. The molecule has 26 heavy (non-hydrogen) atoms. The maximum atomic E-state index is 12.6. The normalized spacial score (nSPS) is 16.0. The molecule has 0 saturated heterocycles. The first-order chi connectivity index (χ1) is 12.6. The van der Waals surface area contributed by atoms with Crippen molar-refractivity contribution in [2.45, 2.75) is 45.1 Å². The highest BCUT2D eigenvalue weighted by Gasteiger charge is 2.35. The third-order valence-corrected chi connectivity index (χ3v) is 5.00. The number of hydrogen-bond acceptors (Lipinski definition) is 5. The molecule has 0 radical (unpaired) electrons. The number of tetrazole rings is 1. The molecule has 0 atom stereocenters. The van der Waals surface area contributed by atoms with Gasteiger partial charge in [-0.3, -0.25) is 9.59 Å². The molecule has 0 unspecified atom stereocenters.